The van der Waals surface area contributed by atoms with Crippen LogP contribution in [0.25, 0.3) is 5.70 Å². The van der Waals surface area contributed by atoms with Gasteiger partial charge in [0.25, 0.3) is 5.69 Å². The quantitative estimate of drug-likeness (QED) is 0.518. The van der Waals surface area contributed by atoms with Crippen LogP contribution in [0.15, 0.2) is 71.0 Å². The van der Waals surface area contributed by atoms with Gasteiger partial charge >= 0.3 is 0 Å². The molecule has 2 aromatic rings. The molecule has 1 aliphatic carbocycles. The van der Waals surface area contributed by atoms with Gasteiger partial charge in [-0.15, -0.1) is 5.11 Å². The minimum Gasteiger partial charge on any atom is -0.264 e. The molecule has 0 spiro atoms. The van der Waals surface area contributed by atoms with E-state index in [1.165, 1.54) is 19.3 Å². The molecule has 1 heterocycles. The molecule has 2 aromatic carbocycles. The van der Waals surface area contributed by atoms with E-state index in [0.717, 1.165) is 29.7 Å². The van der Waals surface area contributed by atoms with E-state index in [0.29, 0.717) is 6.04 Å². The average Bonchev–Trinajstić information content (AvgIpc) is 2.74. The summed E-state index contributed by atoms with van der Waals surface area (Å²) in [6.07, 6.45) is 8.03. The molecule has 1 saturated carbocycles. The number of nitro benzene ring substituents is 1. The monoisotopic (exact) mass is 362 g/mol. The van der Waals surface area contributed by atoms with E-state index in [4.69, 9.17) is 0 Å². The maximum atomic E-state index is 11.0. The predicted molar refractivity (Wildman–Crippen MR) is 104 cm³/mol. The normalized spacial score (nSPS) is 20.4. The molecule has 0 amide bonds. The van der Waals surface area contributed by atoms with E-state index in [1.54, 1.807) is 12.1 Å². The van der Waals surface area contributed by atoms with Crippen LogP contribution in [-0.2, 0) is 0 Å². The highest BCUT2D eigenvalue weighted by Crippen LogP contribution is 2.37. The van der Waals surface area contributed by atoms with Crippen molar-refractivity contribution in [2.45, 2.75) is 44.2 Å². The number of hydrogen-bond donors (Lipinski definition) is 0. The van der Waals surface area contributed by atoms with Crippen LogP contribution < -0.4 is 0 Å². The minimum atomic E-state index is -0.367. The first-order valence-electron chi connectivity index (χ1n) is 9.44. The Bertz CT molecular complexity index is 856. The Kier molecular flexibility index (Phi) is 4.96. The van der Waals surface area contributed by atoms with Gasteiger partial charge in [0.1, 0.15) is 0 Å². The Morgan fingerprint density at radius 1 is 0.963 bits per heavy atom. The summed E-state index contributed by atoms with van der Waals surface area (Å²) in [7, 11) is 0. The molecule has 1 atom stereocenters. The number of benzene rings is 2. The average molecular weight is 362 g/mol. The van der Waals surface area contributed by atoms with Crippen LogP contribution in [-0.4, -0.2) is 16.0 Å². The number of nitro groups is 1. The van der Waals surface area contributed by atoms with Gasteiger partial charge in [-0.1, -0.05) is 54.8 Å². The Morgan fingerprint density at radius 2 is 1.67 bits per heavy atom. The predicted octanol–water partition coefficient (Wildman–Crippen LogP) is 5.69. The minimum absolute atomic E-state index is 0.0680. The smallest absolute Gasteiger partial charge is 0.264 e. The summed E-state index contributed by atoms with van der Waals surface area (Å²) < 4.78 is 0. The summed E-state index contributed by atoms with van der Waals surface area (Å²) in [6, 6.07) is 17.1. The van der Waals surface area contributed by atoms with Crippen molar-refractivity contribution in [3.05, 3.63) is 81.9 Å². The van der Waals surface area contributed by atoms with Crippen molar-refractivity contribution >= 4 is 11.4 Å². The molecule has 4 rings (SSSR count). The van der Waals surface area contributed by atoms with Gasteiger partial charge in [-0.05, 0) is 36.6 Å². The zero-order chi connectivity index (χ0) is 18.6. The van der Waals surface area contributed by atoms with Crippen molar-refractivity contribution in [1.82, 2.24) is 5.01 Å². The fourth-order valence-electron chi connectivity index (χ4n) is 3.87. The second kappa shape index (κ2) is 7.70. The number of rotatable bonds is 4. The van der Waals surface area contributed by atoms with Gasteiger partial charge in [-0.3, -0.25) is 15.1 Å². The highest BCUT2D eigenvalue weighted by atomic mass is 16.6. The Morgan fingerprint density at radius 3 is 2.33 bits per heavy atom. The second-order valence-electron chi connectivity index (χ2n) is 7.07. The van der Waals surface area contributed by atoms with Crippen molar-refractivity contribution < 1.29 is 4.92 Å². The summed E-state index contributed by atoms with van der Waals surface area (Å²) in [5, 5.41) is 22.1. The van der Waals surface area contributed by atoms with E-state index < -0.39 is 0 Å². The molecule has 6 nitrogen and oxygen atoms in total. The summed E-state index contributed by atoms with van der Waals surface area (Å²) in [5.41, 5.74) is 2.97. The van der Waals surface area contributed by atoms with Crippen LogP contribution in [0.5, 0.6) is 0 Å². The van der Waals surface area contributed by atoms with Crippen LogP contribution in [0.2, 0.25) is 0 Å². The van der Waals surface area contributed by atoms with Crippen molar-refractivity contribution in [3.8, 4) is 0 Å². The Labute approximate surface area is 158 Å². The van der Waals surface area contributed by atoms with Gasteiger partial charge in [0, 0.05) is 23.7 Å². The summed E-state index contributed by atoms with van der Waals surface area (Å²) in [5.74, 6) is 0. The lowest BCUT2D eigenvalue weighted by atomic mass is 9.92. The molecule has 0 N–H and O–H groups in total. The van der Waals surface area contributed by atoms with E-state index in [2.05, 4.69) is 21.4 Å². The van der Waals surface area contributed by atoms with E-state index in [9.17, 15) is 10.1 Å². The molecule has 0 saturated heterocycles. The molecule has 1 unspecified atom stereocenters. The second-order valence-corrected chi connectivity index (χ2v) is 7.07. The van der Waals surface area contributed by atoms with Gasteiger partial charge in [0.05, 0.1) is 16.7 Å². The summed E-state index contributed by atoms with van der Waals surface area (Å²) in [6.45, 7) is 0. The molecule has 1 aliphatic heterocycles. The molecule has 27 heavy (non-hydrogen) atoms. The zero-order valence-corrected chi connectivity index (χ0v) is 15.1. The third-order valence-corrected chi connectivity index (χ3v) is 5.32. The standard InChI is InChI=1S/C21H22N4O2/c26-25(27)19-13-11-17(12-14-19)21-15-20(16-7-3-1-4-8-16)22-23-24(21)18-9-5-2-6-10-18/h1,3-4,7-8,11-15,18,21H,2,5-6,9-10H2. The maximum absolute atomic E-state index is 11.0. The maximum Gasteiger partial charge on any atom is 0.269 e. The van der Waals surface area contributed by atoms with Crippen LogP contribution in [0.3, 0.4) is 0 Å². The molecule has 0 bridgehead atoms. The molecule has 138 valence electrons. The van der Waals surface area contributed by atoms with Crippen LogP contribution >= 0.6 is 0 Å². The van der Waals surface area contributed by atoms with Gasteiger partial charge in [0.15, 0.2) is 0 Å². The van der Waals surface area contributed by atoms with E-state index in [-0.39, 0.29) is 16.7 Å². The lowest BCUT2D eigenvalue weighted by molar-refractivity contribution is -0.384. The Hall–Kier alpha value is -3.02. The molecule has 0 radical (unpaired) electrons. The van der Waals surface area contributed by atoms with Gasteiger partial charge < -0.3 is 0 Å². The van der Waals surface area contributed by atoms with Crippen molar-refractivity contribution in [2.24, 2.45) is 10.3 Å². The molecular weight excluding hydrogens is 340 g/mol. The first-order valence-corrected chi connectivity index (χ1v) is 9.44. The van der Waals surface area contributed by atoms with E-state index in [1.807, 2.05) is 42.5 Å². The topological polar surface area (TPSA) is 71.1 Å². The van der Waals surface area contributed by atoms with Gasteiger partial charge in [-0.2, -0.15) is 0 Å². The summed E-state index contributed by atoms with van der Waals surface area (Å²) >= 11 is 0. The SMILES string of the molecule is O=[N+]([O-])c1ccc(C2C=C(c3ccccc3)N=NN2C2CCCCC2)cc1. The third kappa shape index (κ3) is 3.74. The van der Waals surface area contributed by atoms with Gasteiger partial charge in [0.2, 0.25) is 0 Å². The van der Waals surface area contributed by atoms with Gasteiger partial charge in [-0.25, -0.2) is 0 Å². The first kappa shape index (κ1) is 17.4. The molecule has 6 heteroatoms. The van der Waals surface area contributed by atoms with Crippen molar-refractivity contribution in [2.75, 3.05) is 0 Å². The zero-order valence-electron chi connectivity index (χ0n) is 15.1. The Balaban J connectivity index is 1.69. The molecule has 2 aliphatic rings. The highest BCUT2D eigenvalue weighted by molar-refractivity contribution is 5.65. The number of hydrogen-bond acceptors (Lipinski definition) is 5. The van der Waals surface area contributed by atoms with E-state index >= 15 is 0 Å². The third-order valence-electron chi connectivity index (χ3n) is 5.32. The summed E-state index contributed by atoms with van der Waals surface area (Å²) in [4.78, 5) is 10.6. The van der Waals surface area contributed by atoms with Crippen molar-refractivity contribution in [3.63, 3.8) is 0 Å². The van der Waals surface area contributed by atoms with Crippen LogP contribution in [0.1, 0.15) is 49.3 Å². The largest absolute Gasteiger partial charge is 0.269 e. The lowest BCUT2D eigenvalue weighted by Gasteiger charge is -2.37. The lowest BCUT2D eigenvalue weighted by Crippen LogP contribution is -2.36. The van der Waals surface area contributed by atoms with Crippen molar-refractivity contribution in [1.29, 1.82) is 0 Å². The number of non-ortho nitro benzene ring substituents is 1. The first-order chi connectivity index (χ1) is 13.2. The fraction of sp³-hybridized carbons (Fsp3) is 0.333. The van der Waals surface area contributed by atoms with Crippen LogP contribution in [0.4, 0.5) is 5.69 Å². The molecule has 1 fully saturated rings. The molecule has 0 aromatic heterocycles. The van der Waals surface area contributed by atoms with Crippen LogP contribution in [0, 0.1) is 10.1 Å². The number of nitrogens with zero attached hydrogens (tertiary/aromatic N) is 4. The highest BCUT2D eigenvalue weighted by Gasteiger charge is 2.30. The molecular formula is C21H22N4O2. The fourth-order valence-corrected chi connectivity index (χ4v) is 3.87.